The number of carbonyl (C=O) groups excluding carboxylic acids is 1. The van der Waals surface area contributed by atoms with Crippen molar-refractivity contribution in [1.82, 2.24) is 4.90 Å². The van der Waals surface area contributed by atoms with E-state index in [0.717, 1.165) is 11.1 Å². The minimum Gasteiger partial charge on any atom is -0.444 e. The van der Waals surface area contributed by atoms with Gasteiger partial charge in [-0.25, -0.2) is 4.79 Å². The molecule has 0 aliphatic carbocycles. The summed E-state index contributed by atoms with van der Waals surface area (Å²) in [5, 5.41) is 10.6. The Morgan fingerprint density at radius 2 is 1.57 bits per heavy atom. The topological polar surface area (TPSA) is 68.2 Å². The molecule has 1 aliphatic rings. The van der Waals surface area contributed by atoms with Gasteiger partial charge in [-0.1, -0.05) is 66.7 Å². The Hall–Kier alpha value is -2.67. The van der Waals surface area contributed by atoms with Crippen LogP contribution in [-0.4, -0.2) is 47.2 Å². The lowest BCUT2D eigenvalue weighted by molar-refractivity contribution is -0.106. The highest BCUT2D eigenvalue weighted by Gasteiger charge is 2.38. The van der Waals surface area contributed by atoms with Gasteiger partial charge < -0.3 is 19.3 Å². The van der Waals surface area contributed by atoms with E-state index in [9.17, 15) is 9.90 Å². The summed E-state index contributed by atoms with van der Waals surface area (Å²) in [6.07, 6.45) is 1.15. The lowest BCUT2D eigenvalue weighted by atomic mass is 10.1. The van der Waals surface area contributed by atoms with Crippen molar-refractivity contribution in [2.24, 2.45) is 0 Å². The van der Waals surface area contributed by atoms with Crippen molar-refractivity contribution < 1.29 is 24.1 Å². The lowest BCUT2D eigenvalue weighted by Crippen LogP contribution is -2.57. The van der Waals surface area contributed by atoms with Crippen LogP contribution in [0.2, 0.25) is 0 Å². The summed E-state index contributed by atoms with van der Waals surface area (Å²) in [7, 11) is 0. The summed E-state index contributed by atoms with van der Waals surface area (Å²) < 4.78 is 17.2. The van der Waals surface area contributed by atoms with E-state index in [2.05, 4.69) is 0 Å². The predicted molar refractivity (Wildman–Crippen MR) is 114 cm³/mol. The first-order chi connectivity index (χ1) is 14.5. The Labute approximate surface area is 177 Å². The molecule has 1 amide bonds. The molecule has 2 aromatic carbocycles. The van der Waals surface area contributed by atoms with Gasteiger partial charge in [0, 0.05) is 0 Å². The number of rotatable bonds is 8. The average Bonchev–Trinajstić information content (AvgIpc) is 2.75. The van der Waals surface area contributed by atoms with E-state index in [4.69, 9.17) is 14.2 Å². The summed E-state index contributed by atoms with van der Waals surface area (Å²) in [6, 6.07) is 18.6. The number of ether oxygens (including phenoxy) is 3. The Balaban J connectivity index is 1.69. The van der Waals surface area contributed by atoms with Crippen LogP contribution in [0.15, 0.2) is 72.8 Å². The summed E-state index contributed by atoms with van der Waals surface area (Å²) in [6.45, 7) is 4.47. The van der Waals surface area contributed by atoms with Crippen LogP contribution in [0, 0.1) is 0 Å². The van der Waals surface area contributed by atoms with Gasteiger partial charge in [-0.3, -0.25) is 4.90 Å². The van der Waals surface area contributed by atoms with Crippen molar-refractivity contribution in [3.05, 3.63) is 83.9 Å². The van der Waals surface area contributed by atoms with Crippen LogP contribution < -0.4 is 0 Å². The van der Waals surface area contributed by atoms with Gasteiger partial charge in [0.15, 0.2) is 6.23 Å². The third-order valence-corrected chi connectivity index (χ3v) is 4.73. The number of aliphatic hydroxyl groups is 1. The smallest absolute Gasteiger partial charge is 0.412 e. The van der Waals surface area contributed by atoms with Gasteiger partial charge in [0.1, 0.15) is 6.61 Å². The number of carbonyl (C=O) groups is 1. The van der Waals surface area contributed by atoms with E-state index in [-0.39, 0.29) is 19.3 Å². The first-order valence-corrected chi connectivity index (χ1v) is 10.2. The van der Waals surface area contributed by atoms with Crippen LogP contribution >= 0.6 is 0 Å². The second-order valence-electron chi connectivity index (χ2n) is 7.47. The van der Waals surface area contributed by atoms with Gasteiger partial charge in [0.05, 0.1) is 31.5 Å². The zero-order chi connectivity index (χ0) is 21.3. The Morgan fingerprint density at radius 1 is 0.967 bits per heavy atom. The monoisotopic (exact) mass is 411 g/mol. The van der Waals surface area contributed by atoms with Gasteiger partial charge in [0.25, 0.3) is 0 Å². The fraction of sp³-hybridized carbons (Fsp3) is 0.375. The molecule has 3 atom stereocenters. The predicted octanol–water partition coefficient (Wildman–Crippen LogP) is 3.89. The molecule has 0 spiro atoms. The third-order valence-electron chi connectivity index (χ3n) is 4.73. The molecular weight excluding hydrogens is 382 g/mol. The number of aliphatic hydroxyl groups excluding tert-OH is 1. The van der Waals surface area contributed by atoms with Gasteiger partial charge in [-0.15, -0.1) is 0 Å². The second-order valence-corrected chi connectivity index (χ2v) is 7.47. The molecule has 0 saturated carbocycles. The van der Waals surface area contributed by atoms with Crippen LogP contribution in [0.5, 0.6) is 0 Å². The van der Waals surface area contributed by atoms with Crippen molar-refractivity contribution in [2.45, 2.75) is 51.5 Å². The second kappa shape index (κ2) is 10.9. The van der Waals surface area contributed by atoms with Gasteiger partial charge in [0.2, 0.25) is 0 Å². The first-order valence-electron chi connectivity index (χ1n) is 10.2. The molecule has 6 heteroatoms. The Morgan fingerprint density at radius 3 is 2.17 bits per heavy atom. The molecule has 0 aromatic heterocycles. The van der Waals surface area contributed by atoms with E-state index in [1.807, 2.05) is 74.5 Å². The van der Waals surface area contributed by atoms with E-state index < -0.39 is 24.5 Å². The van der Waals surface area contributed by atoms with Crippen LogP contribution in [-0.2, 0) is 27.4 Å². The highest BCUT2D eigenvalue weighted by atomic mass is 16.6. The van der Waals surface area contributed by atoms with Crippen molar-refractivity contribution in [3.63, 3.8) is 0 Å². The largest absolute Gasteiger partial charge is 0.444 e. The molecule has 2 aromatic rings. The van der Waals surface area contributed by atoms with Gasteiger partial charge in [-0.2, -0.15) is 0 Å². The van der Waals surface area contributed by atoms with Crippen molar-refractivity contribution in [2.75, 3.05) is 6.61 Å². The Bertz CT molecular complexity index is 809. The fourth-order valence-corrected chi connectivity index (χ4v) is 3.26. The molecule has 0 bridgehead atoms. The number of hydrogen-bond acceptors (Lipinski definition) is 5. The maximum Gasteiger partial charge on any atom is 0.412 e. The highest BCUT2D eigenvalue weighted by molar-refractivity contribution is 5.69. The molecule has 1 heterocycles. The number of hydrogen-bond donors (Lipinski definition) is 1. The van der Waals surface area contributed by atoms with E-state index in [1.165, 1.54) is 4.90 Å². The molecule has 0 saturated heterocycles. The Kier molecular flexibility index (Phi) is 8.02. The van der Waals surface area contributed by atoms with Gasteiger partial charge in [-0.05, 0) is 31.1 Å². The highest BCUT2D eigenvalue weighted by Crippen LogP contribution is 2.22. The summed E-state index contributed by atoms with van der Waals surface area (Å²) in [5.41, 5.74) is 1.91. The van der Waals surface area contributed by atoms with Crippen LogP contribution in [0.3, 0.4) is 0 Å². The maximum atomic E-state index is 13.0. The van der Waals surface area contributed by atoms with Crippen molar-refractivity contribution in [1.29, 1.82) is 0 Å². The number of nitrogens with zero attached hydrogens (tertiary/aromatic N) is 1. The molecule has 0 unspecified atom stereocenters. The summed E-state index contributed by atoms with van der Waals surface area (Å²) in [5.74, 6) is 0. The molecule has 0 fully saturated rings. The fourth-order valence-electron chi connectivity index (χ4n) is 3.26. The molecule has 30 heavy (non-hydrogen) atoms. The van der Waals surface area contributed by atoms with E-state index in [1.54, 1.807) is 12.2 Å². The summed E-state index contributed by atoms with van der Waals surface area (Å²) >= 11 is 0. The summed E-state index contributed by atoms with van der Waals surface area (Å²) in [4.78, 5) is 14.4. The molecule has 6 nitrogen and oxygen atoms in total. The van der Waals surface area contributed by atoms with Crippen LogP contribution in [0.25, 0.3) is 0 Å². The quantitative estimate of drug-likeness (QED) is 0.668. The molecular formula is C24H29NO5. The SMILES string of the molecule is CC(C)O[C@@H]1C=C[C@H](O)[C@@H](COCc2ccccc2)N1C(=O)OCc1ccccc1. The third kappa shape index (κ3) is 6.16. The molecule has 3 rings (SSSR count). The molecule has 0 radical (unpaired) electrons. The maximum absolute atomic E-state index is 13.0. The standard InChI is InChI=1S/C24H29NO5/c1-18(2)30-23-14-13-22(26)21(17-28-15-19-9-5-3-6-10-19)25(23)24(27)29-16-20-11-7-4-8-12-20/h3-14,18,21-23,26H,15-17H2,1-2H3/t21-,22+,23-/m1/s1. The minimum absolute atomic E-state index is 0.106. The average molecular weight is 411 g/mol. The first kappa shape index (κ1) is 22.0. The zero-order valence-corrected chi connectivity index (χ0v) is 17.4. The van der Waals surface area contributed by atoms with E-state index >= 15 is 0 Å². The minimum atomic E-state index is -0.878. The molecule has 1 N–H and O–H groups in total. The van der Waals surface area contributed by atoms with Crippen LogP contribution in [0.1, 0.15) is 25.0 Å². The zero-order valence-electron chi connectivity index (χ0n) is 17.4. The lowest BCUT2D eigenvalue weighted by Gasteiger charge is -2.40. The van der Waals surface area contributed by atoms with Crippen molar-refractivity contribution >= 4 is 6.09 Å². The molecule has 1 aliphatic heterocycles. The van der Waals surface area contributed by atoms with Gasteiger partial charge >= 0.3 is 6.09 Å². The van der Waals surface area contributed by atoms with Crippen molar-refractivity contribution in [3.8, 4) is 0 Å². The normalized spacial score (nSPS) is 21.1. The number of amides is 1. The van der Waals surface area contributed by atoms with E-state index in [0.29, 0.717) is 6.61 Å². The number of benzene rings is 2. The van der Waals surface area contributed by atoms with Crippen LogP contribution in [0.4, 0.5) is 4.79 Å². The molecule has 160 valence electrons.